The molecule has 1 aromatic rings. The summed E-state index contributed by atoms with van der Waals surface area (Å²) in [7, 11) is -3.32. The molecule has 0 fully saturated rings. The molecule has 2 atom stereocenters. The molecular formula is C19H29O3PS3. The molecule has 1 aliphatic heterocycles. The molecule has 0 radical (unpaired) electrons. The first kappa shape index (κ1) is 22.4. The molecule has 0 N–H and O–H groups in total. The van der Waals surface area contributed by atoms with Crippen LogP contribution in [-0.2, 0) is 13.6 Å². The molecule has 0 saturated carbocycles. The monoisotopic (exact) mass is 432 g/mol. The highest BCUT2D eigenvalue weighted by Crippen LogP contribution is 2.68. The van der Waals surface area contributed by atoms with Gasteiger partial charge in [-0.3, -0.25) is 4.57 Å². The van der Waals surface area contributed by atoms with Crippen molar-refractivity contribution in [3.8, 4) is 0 Å². The zero-order valence-corrected chi connectivity index (χ0v) is 19.3. The topological polar surface area (TPSA) is 35.5 Å². The lowest BCUT2D eigenvalue weighted by Crippen LogP contribution is -2.18. The molecule has 0 aromatic heterocycles. The summed E-state index contributed by atoms with van der Waals surface area (Å²) in [4.78, 5) is 0. The van der Waals surface area contributed by atoms with E-state index in [1.54, 1.807) is 11.8 Å². The van der Waals surface area contributed by atoms with E-state index < -0.39 is 7.60 Å². The van der Waals surface area contributed by atoms with Gasteiger partial charge in [-0.1, -0.05) is 44.2 Å². The van der Waals surface area contributed by atoms with Crippen molar-refractivity contribution in [2.75, 3.05) is 24.7 Å². The standard InChI is InChI=1S/C19H29O3PS3/c1-5-21-23(20,22-6-2)18-16(15-12-10-9-11-13-15)14-17(24-7-3)26-19(18)25-8-4/h9-13,16-17H,5-8,14H2,1-4H3/t16-,17+/m0/s1. The molecule has 2 rings (SSSR count). The molecule has 26 heavy (non-hydrogen) atoms. The average molecular weight is 433 g/mol. The van der Waals surface area contributed by atoms with E-state index in [0.717, 1.165) is 27.5 Å². The fourth-order valence-electron chi connectivity index (χ4n) is 3.00. The normalized spacial score (nSPS) is 21.2. The van der Waals surface area contributed by atoms with E-state index in [4.69, 9.17) is 9.05 Å². The summed E-state index contributed by atoms with van der Waals surface area (Å²) in [6.45, 7) is 8.84. The van der Waals surface area contributed by atoms with Crippen molar-refractivity contribution < 1.29 is 13.6 Å². The molecule has 0 aliphatic carbocycles. The van der Waals surface area contributed by atoms with Gasteiger partial charge in [0.15, 0.2) is 0 Å². The van der Waals surface area contributed by atoms with Crippen LogP contribution >= 0.6 is 42.9 Å². The van der Waals surface area contributed by atoms with Crippen LogP contribution in [0.3, 0.4) is 0 Å². The Bertz CT molecular complexity index is 626. The predicted octanol–water partition coefficient (Wildman–Crippen LogP) is 7.17. The molecule has 3 nitrogen and oxygen atoms in total. The minimum absolute atomic E-state index is 0.0690. The summed E-state index contributed by atoms with van der Waals surface area (Å²) in [6, 6.07) is 10.4. The molecule has 1 aliphatic rings. The number of hydrogen-bond donors (Lipinski definition) is 0. The lowest BCUT2D eigenvalue weighted by molar-refractivity contribution is 0.224. The van der Waals surface area contributed by atoms with Crippen LogP contribution in [0.15, 0.2) is 39.9 Å². The number of hydrogen-bond acceptors (Lipinski definition) is 6. The van der Waals surface area contributed by atoms with E-state index in [9.17, 15) is 4.57 Å². The number of rotatable bonds is 10. The van der Waals surface area contributed by atoms with Gasteiger partial charge in [-0.15, -0.1) is 35.3 Å². The van der Waals surface area contributed by atoms with Gasteiger partial charge in [0.1, 0.15) is 0 Å². The fourth-order valence-corrected chi connectivity index (χ4v) is 10.1. The smallest absolute Gasteiger partial charge is 0.306 e. The van der Waals surface area contributed by atoms with Crippen molar-refractivity contribution in [2.45, 2.75) is 44.6 Å². The number of thioether (sulfide) groups is 3. The summed E-state index contributed by atoms with van der Waals surface area (Å²) in [5.74, 6) is 2.09. The summed E-state index contributed by atoms with van der Waals surface area (Å²) >= 11 is 5.57. The summed E-state index contributed by atoms with van der Waals surface area (Å²) in [5.41, 5.74) is 1.19. The van der Waals surface area contributed by atoms with Crippen LogP contribution in [0.25, 0.3) is 0 Å². The molecule has 146 valence electrons. The first-order valence-corrected chi connectivity index (χ1v) is 13.6. The highest BCUT2D eigenvalue weighted by atomic mass is 32.2. The van der Waals surface area contributed by atoms with E-state index in [0.29, 0.717) is 17.8 Å². The molecule has 1 heterocycles. The molecule has 0 amide bonds. The van der Waals surface area contributed by atoms with Crippen LogP contribution in [0.5, 0.6) is 0 Å². The van der Waals surface area contributed by atoms with Crippen molar-refractivity contribution in [2.24, 2.45) is 0 Å². The molecular weight excluding hydrogens is 403 g/mol. The number of allylic oxidation sites excluding steroid dienone is 1. The quantitative estimate of drug-likeness (QED) is 0.365. The van der Waals surface area contributed by atoms with Gasteiger partial charge in [-0.25, -0.2) is 0 Å². The van der Waals surface area contributed by atoms with Gasteiger partial charge in [0.25, 0.3) is 0 Å². The second kappa shape index (κ2) is 11.2. The first-order valence-electron chi connectivity index (χ1n) is 9.19. The summed E-state index contributed by atoms with van der Waals surface area (Å²) in [5, 5.41) is 0.872. The SMILES string of the molecule is CCOP(=O)(OCC)C1=C(SCC)S[C@@H](SCC)C[C@H]1c1ccccc1. The van der Waals surface area contributed by atoms with Crippen molar-refractivity contribution in [1.82, 2.24) is 0 Å². The van der Waals surface area contributed by atoms with E-state index >= 15 is 0 Å². The predicted molar refractivity (Wildman–Crippen MR) is 119 cm³/mol. The van der Waals surface area contributed by atoms with Gasteiger partial charge in [-0.05, 0) is 37.3 Å². The van der Waals surface area contributed by atoms with Gasteiger partial charge >= 0.3 is 7.60 Å². The van der Waals surface area contributed by atoms with Crippen LogP contribution in [0.2, 0.25) is 0 Å². The third kappa shape index (κ3) is 5.59. The molecule has 0 bridgehead atoms. The van der Waals surface area contributed by atoms with Crippen molar-refractivity contribution in [3.63, 3.8) is 0 Å². The lowest BCUT2D eigenvalue weighted by Gasteiger charge is -2.35. The second-order valence-corrected chi connectivity index (χ2v) is 12.2. The maximum atomic E-state index is 13.8. The Hall–Kier alpha value is 0.160. The average Bonchev–Trinajstić information content (AvgIpc) is 2.63. The zero-order chi connectivity index (χ0) is 19.0. The maximum Gasteiger partial charge on any atom is 0.359 e. The minimum atomic E-state index is -3.32. The van der Waals surface area contributed by atoms with Crippen LogP contribution in [-0.4, -0.2) is 29.3 Å². The lowest BCUT2D eigenvalue weighted by atomic mass is 9.96. The maximum absolute atomic E-state index is 13.8. The third-order valence-corrected chi connectivity index (χ3v) is 10.4. The molecule has 1 aromatic carbocycles. The fraction of sp³-hybridized carbons (Fsp3) is 0.579. The molecule has 0 unspecified atom stereocenters. The van der Waals surface area contributed by atoms with E-state index in [1.165, 1.54) is 5.56 Å². The Kier molecular flexibility index (Phi) is 9.70. The van der Waals surface area contributed by atoms with E-state index in [2.05, 4.69) is 38.1 Å². The van der Waals surface area contributed by atoms with Crippen molar-refractivity contribution >= 4 is 42.9 Å². The van der Waals surface area contributed by atoms with Crippen LogP contribution in [0.1, 0.15) is 45.6 Å². The van der Waals surface area contributed by atoms with Gasteiger partial charge in [0.2, 0.25) is 0 Å². The van der Waals surface area contributed by atoms with Crippen LogP contribution in [0, 0.1) is 0 Å². The molecule has 7 heteroatoms. The minimum Gasteiger partial charge on any atom is -0.306 e. The van der Waals surface area contributed by atoms with E-state index in [-0.39, 0.29) is 5.92 Å². The number of benzene rings is 1. The van der Waals surface area contributed by atoms with Gasteiger partial charge in [0.05, 0.1) is 27.3 Å². The Morgan fingerprint density at radius 3 is 2.27 bits per heavy atom. The Balaban J connectivity index is 2.58. The van der Waals surface area contributed by atoms with Crippen LogP contribution < -0.4 is 0 Å². The van der Waals surface area contributed by atoms with Gasteiger partial charge in [0, 0.05) is 5.92 Å². The summed E-state index contributed by atoms with van der Waals surface area (Å²) < 4.78 is 26.9. The highest BCUT2D eigenvalue weighted by Gasteiger charge is 2.43. The van der Waals surface area contributed by atoms with Crippen LogP contribution in [0.4, 0.5) is 0 Å². The Labute approximate surface area is 171 Å². The Morgan fingerprint density at radius 1 is 1.08 bits per heavy atom. The second-order valence-electron chi connectivity index (χ2n) is 5.64. The summed E-state index contributed by atoms with van der Waals surface area (Å²) in [6.07, 6.45) is 0.945. The third-order valence-electron chi connectivity index (χ3n) is 3.93. The zero-order valence-electron chi connectivity index (χ0n) is 16.0. The largest absolute Gasteiger partial charge is 0.359 e. The molecule has 0 spiro atoms. The molecule has 0 saturated heterocycles. The van der Waals surface area contributed by atoms with Gasteiger partial charge in [-0.2, -0.15) is 0 Å². The van der Waals surface area contributed by atoms with Crippen molar-refractivity contribution in [1.29, 1.82) is 0 Å². The Morgan fingerprint density at radius 2 is 1.73 bits per heavy atom. The highest BCUT2D eigenvalue weighted by molar-refractivity contribution is 8.28. The van der Waals surface area contributed by atoms with E-state index in [1.807, 2.05) is 43.4 Å². The van der Waals surface area contributed by atoms with Crippen molar-refractivity contribution in [3.05, 3.63) is 45.4 Å². The van der Waals surface area contributed by atoms with Gasteiger partial charge < -0.3 is 9.05 Å². The first-order chi connectivity index (χ1) is 12.6.